The van der Waals surface area contributed by atoms with Crippen molar-refractivity contribution in [1.29, 1.82) is 0 Å². The number of nitrogens with zero attached hydrogens (tertiary/aromatic N) is 4. The van der Waals surface area contributed by atoms with E-state index >= 15 is 0 Å². The third-order valence-electron chi connectivity index (χ3n) is 3.32. The van der Waals surface area contributed by atoms with Crippen LogP contribution in [0.5, 0.6) is 0 Å². The number of carbonyl (C=O) groups excluding carboxylic acids is 1. The molecule has 0 aliphatic carbocycles. The van der Waals surface area contributed by atoms with Crippen molar-refractivity contribution in [3.63, 3.8) is 0 Å². The average Bonchev–Trinajstić information content (AvgIpc) is 2.93. The van der Waals surface area contributed by atoms with E-state index in [-0.39, 0.29) is 12.3 Å². The van der Waals surface area contributed by atoms with Crippen molar-refractivity contribution in [3.8, 4) is 0 Å². The summed E-state index contributed by atoms with van der Waals surface area (Å²) in [5, 5.41) is 20.0. The number of carbonyl (C=O) groups is 2. The van der Waals surface area contributed by atoms with Crippen molar-refractivity contribution >= 4 is 11.9 Å². The van der Waals surface area contributed by atoms with Gasteiger partial charge in [0.2, 0.25) is 5.91 Å². The van der Waals surface area contributed by atoms with E-state index in [0.717, 1.165) is 18.8 Å². The van der Waals surface area contributed by atoms with Gasteiger partial charge in [-0.05, 0) is 6.42 Å². The van der Waals surface area contributed by atoms with Crippen LogP contribution in [0.1, 0.15) is 25.1 Å². The maximum Gasteiger partial charge on any atom is 0.306 e. The van der Waals surface area contributed by atoms with Crippen molar-refractivity contribution in [2.45, 2.75) is 25.8 Å². The molecule has 0 spiro atoms. The zero-order chi connectivity index (χ0) is 14.5. The van der Waals surface area contributed by atoms with Crippen LogP contribution in [0.15, 0.2) is 6.20 Å². The number of hydrogen-bond donors (Lipinski definition) is 2. The Labute approximate surface area is 116 Å². The van der Waals surface area contributed by atoms with E-state index in [0.29, 0.717) is 19.5 Å². The van der Waals surface area contributed by atoms with Gasteiger partial charge in [-0.3, -0.25) is 9.59 Å². The summed E-state index contributed by atoms with van der Waals surface area (Å²) in [6.45, 7) is 4.56. The predicted octanol–water partition coefficient (Wildman–Crippen LogP) is -0.712. The van der Waals surface area contributed by atoms with E-state index in [1.54, 1.807) is 11.1 Å². The fourth-order valence-corrected chi connectivity index (χ4v) is 2.18. The molecule has 2 N–H and O–H groups in total. The number of aliphatic carboxylic acids is 1. The molecule has 1 aromatic heterocycles. The van der Waals surface area contributed by atoms with Gasteiger partial charge in [0.05, 0.1) is 12.1 Å². The summed E-state index contributed by atoms with van der Waals surface area (Å²) in [6, 6.07) is -0.821. The van der Waals surface area contributed by atoms with Crippen LogP contribution in [0.3, 0.4) is 0 Å². The lowest BCUT2D eigenvalue weighted by Crippen LogP contribution is -2.49. The Kier molecular flexibility index (Phi) is 4.67. The second kappa shape index (κ2) is 6.47. The topological polar surface area (TPSA) is 100 Å². The van der Waals surface area contributed by atoms with Crippen molar-refractivity contribution in [2.75, 3.05) is 26.2 Å². The number of rotatable bonds is 5. The van der Waals surface area contributed by atoms with Gasteiger partial charge in [-0.1, -0.05) is 12.1 Å². The smallest absolute Gasteiger partial charge is 0.306 e. The van der Waals surface area contributed by atoms with Gasteiger partial charge in [-0.25, -0.2) is 4.68 Å². The maximum absolute atomic E-state index is 12.5. The molecule has 0 unspecified atom stereocenters. The molecule has 8 nitrogen and oxygen atoms in total. The molecule has 1 amide bonds. The lowest BCUT2D eigenvalue weighted by atomic mass is 10.1. The fraction of sp³-hybridized carbons (Fsp3) is 0.667. The molecular weight excluding hydrogens is 262 g/mol. The van der Waals surface area contributed by atoms with Crippen LogP contribution in [-0.4, -0.2) is 63.1 Å². The maximum atomic E-state index is 12.5. The van der Waals surface area contributed by atoms with Gasteiger partial charge in [0.25, 0.3) is 0 Å². The largest absolute Gasteiger partial charge is 0.481 e. The van der Waals surface area contributed by atoms with Gasteiger partial charge >= 0.3 is 5.97 Å². The van der Waals surface area contributed by atoms with Crippen molar-refractivity contribution in [1.82, 2.24) is 25.2 Å². The first-order chi connectivity index (χ1) is 9.61. The van der Waals surface area contributed by atoms with E-state index in [1.165, 1.54) is 4.68 Å². The third-order valence-corrected chi connectivity index (χ3v) is 3.32. The molecule has 0 bridgehead atoms. The van der Waals surface area contributed by atoms with Crippen LogP contribution in [0.2, 0.25) is 0 Å². The Balaban J connectivity index is 2.17. The molecule has 1 aliphatic rings. The summed E-state index contributed by atoms with van der Waals surface area (Å²) in [6.07, 6.45) is 2.06. The van der Waals surface area contributed by atoms with Gasteiger partial charge in [-0.15, -0.1) is 5.10 Å². The van der Waals surface area contributed by atoms with Crippen LogP contribution < -0.4 is 5.32 Å². The minimum absolute atomic E-state index is 0.207. The number of nitrogens with one attached hydrogen (secondary N) is 1. The van der Waals surface area contributed by atoms with Crippen LogP contribution in [-0.2, 0) is 16.0 Å². The van der Waals surface area contributed by atoms with Gasteiger partial charge in [0, 0.05) is 32.4 Å². The summed E-state index contributed by atoms with van der Waals surface area (Å²) in [4.78, 5) is 25.2. The number of amides is 1. The van der Waals surface area contributed by atoms with Gasteiger partial charge < -0.3 is 15.3 Å². The van der Waals surface area contributed by atoms with E-state index in [2.05, 4.69) is 15.6 Å². The van der Waals surface area contributed by atoms with Crippen molar-refractivity contribution in [2.24, 2.45) is 0 Å². The van der Waals surface area contributed by atoms with Gasteiger partial charge in [-0.2, -0.15) is 0 Å². The van der Waals surface area contributed by atoms with E-state index in [4.69, 9.17) is 5.11 Å². The Morgan fingerprint density at radius 1 is 1.45 bits per heavy atom. The lowest BCUT2D eigenvalue weighted by molar-refractivity contribution is -0.144. The minimum Gasteiger partial charge on any atom is -0.481 e. The molecule has 1 saturated heterocycles. The SMILES string of the molecule is CCc1cn([C@@H](CC(=O)O)C(=O)N2CCNCC2)nn1. The van der Waals surface area contributed by atoms with Gasteiger partial charge in [0.1, 0.15) is 6.04 Å². The highest BCUT2D eigenvalue weighted by Crippen LogP contribution is 2.15. The zero-order valence-electron chi connectivity index (χ0n) is 11.4. The van der Waals surface area contributed by atoms with Crippen LogP contribution >= 0.6 is 0 Å². The van der Waals surface area contributed by atoms with Crippen molar-refractivity contribution < 1.29 is 14.7 Å². The van der Waals surface area contributed by atoms with Crippen molar-refractivity contribution in [3.05, 3.63) is 11.9 Å². The molecule has 1 aliphatic heterocycles. The molecule has 8 heteroatoms. The first kappa shape index (κ1) is 14.4. The number of hydrogen-bond acceptors (Lipinski definition) is 5. The monoisotopic (exact) mass is 281 g/mol. The third kappa shape index (κ3) is 3.32. The molecule has 2 rings (SSSR count). The van der Waals surface area contributed by atoms with Crippen LogP contribution in [0, 0.1) is 0 Å². The molecule has 0 aromatic carbocycles. The highest BCUT2D eigenvalue weighted by Gasteiger charge is 2.29. The summed E-state index contributed by atoms with van der Waals surface area (Å²) < 4.78 is 1.37. The Hall–Kier alpha value is -1.96. The van der Waals surface area contributed by atoms with Crippen LogP contribution in [0.25, 0.3) is 0 Å². The number of carboxylic acids is 1. The summed E-state index contributed by atoms with van der Waals surface area (Å²) in [5.41, 5.74) is 0.744. The summed E-state index contributed by atoms with van der Waals surface area (Å²) in [7, 11) is 0. The molecule has 0 saturated carbocycles. The van der Waals surface area contributed by atoms with E-state index < -0.39 is 12.0 Å². The number of piperazine rings is 1. The molecule has 110 valence electrons. The highest BCUT2D eigenvalue weighted by atomic mass is 16.4. The second-order valence-electron chi connectivity index (χ2n) is 4.73. The first-order valence-electron chi connectivity index (χ1n) is 6.73. The highest BCUT2D eigenvalue weighted by molar-refractivity contribution is 5.84. The quantitative estimate of drug-likeness (QED) is 0.739. The minimum atomic E-state index is -1.02. The molecule has 0 radical (unpaired) electrons. The molecule has 1 aromatic rings. The van der Waals surface area contributed by atoms with E-state index in [9.17, 15) is 9.59 Å². The van der Waals surface area contributed by atoms with Crippen LogP contribution in [0.4, 0.5) is 0 Å². The molecule has 1 fully saturated rings. The standard InChI is InChI=1S/C12H19N5O3/c1-2-9-8-17(15-14-9)10(7-11(18)19)12(20)16-5-3-13-4-6-16/h8,10,13H,2-7H2,1H3,(H,18,19)/t10-/m0/s1. The number of carboxylic acid groups (broad SMARTS) is 1. The Bertz CT molecular complexity index is 481. The second-order valence-corrected chi connectivity index (χ2v) is 4.73. The van der Waals surface area contributed by atoms with Gasteiger partial charge in [0.15, 0.2) is 0 Å². The Morgan fingerprint density at radius 3 is 2.70 bits per heavy atom. The summed E-state index contributed by atoms with van der Waals surface area (Å²) >= 11 is 0. The van der Waals surface area contributed by atoms with E-state index in [1.807, 2.05) is 6.92 Å². The lowest BCUT2D eigenvalue weighted by Gasteiger charge is -2.30. The Morgan fingerprint density at radius 2 is 2.15 bits per heavy atom. The number of aromatic nitrogens is 3. The molecular formula is C12H19N5O3. The molecule has 1 atom stereocenters. The molecule has 20 heavy (non-hydrogen) atoms. The molecule has 2 heterocycles. The average molecular weight is 281 g/mol. The summed E-state index contributed by atoms with van der Waals surface area (Å²) in [5.74, 6) is -1.23. The number of aryl methyl sites for hydroxylation is 1. The fourth-order valence-electron chi connectivity index (χ4n) is 2.18. The first-order valence-corrected chi connectivity index (χ1v) is 6.73. The normalized spacial score (nSPS) is 16.9. The predicted molar refractivity (Wildman–Crippen MR) is 70.1 cm³/mol. The zero-order valence-corrected chi connectivity index (χ0v) is 11.4.